The van der Waals surface area contributed by atoms with Crippen molar-refractivity contribution in [1.82, 2.24) is 5.32 Å². The Morgan fingerprint density at radius 3 is 2.77 bits per heavy atom. The van der Waals surface area contributed by atoms with Crippen molar-refractivity contribution in [1.29, 1.82) is 0 Å². The lowest BCUT2D eigenvalue weighted by atomic mass is 10.0. The molecule has 0 aromatic heterocycles. The normalized spacial score (nSPS) is 20.1. The maximum atomic E-state index is 5.91. The van der Waals surface area contributed by atoms with Crippen LogP contribution in [-0.4, -0.2) is 14.1 Å². The van der Waals surface area contributed by atoms with Gasteiger partial charge in [-0.1, -0.05) is 36.9 Å². The molecule has 136 valence electrons. The first-order valence-electron chi connectivity index (χ1n) is 8.58. The summed E-state index contributed by atoms with van der Waals surface area (Å²) in [5.41, 5.74) is 8.41. The van der Waals surface area contributed by atoms with Gasteiger partial charge in [-0.15, -0.1) is 0 Å². The number of nitrogens with two attached hydrogens (primary N) is 1. The summed E-state index contributed by atoms with van der Waals surface area (Å²) in [5, 5.41) is 3.45. The number of hydrogen-bond acceptors (Lipinski definition) is 4. The van der Waals surface area contributed by atoms with Crippen LogP contribution in [0.2, 0.25) is 0 Å². The highest BCUT2D eigenvalue weighted by Crippen LogP contribution is 2.32. The van der Waals surface area contributed by atoms with Gasteiger partial charge < -0.3 is 20.7 Å². The Morgan fingerprint density at radius 2 is 2.00 bits per heavy atom. The number of nitrogens with one attached hydrogen (secondary N) is 1. The van der Waals surface area contributed by atoms with Gasteiger partial charge in [0.05, 0.1) is 12.3 Å². The molecule has 0 fully saturated rings. The van der Waals surface area contributed by atoms with E-state index in [1.54, 1.807) is 12.3 Å². The molecule has 0 aliphatic carbocycles. The average molecular weight is 349 g/mol. The summed E-state index contributed by atoms with van der Waals surface area (Å²) < 4.78 is 5.91. The minimum Gasteiger partial charge on any atom is -0.465 e. The SMILES string of the molecule is C=C1/C=C\CC(N/C=C/C=C\C=C\N)c2ccc(N(C)C)cc2O/C=C/1. The number of benzene rings is 1. The Kier molecular flexibility index (Phi) is 7.37. The lowest BCUT2D eigenvalue weighted by Crippen LogP contribution is -2.16. The van der Waals surface area contributed by atoms with Gasteiger partial charge in [0.1, 0.15) is 5.75 Å². The molecule has 3 N–H and O–H groups in total. The monoisotopic (exact) mass is 349 g/mol. The Hall–Kier alpha value is -3.14. The third kappa shape index (κ3) is 5.74. The fourth-order valence-corrected chi connectivity index (χ4v) is 2.50. The Morgan fingerprint density at radius 1 is 1.19 bits per heavy atom. The van der Waals surface area contributed by atoms with E-state index >= 15 is 0 Å². The second-order valence-corrected chi connectivity index (χ2v) is 6.10. The van der Waals surface area contributed by atoms with Gasteiger partial charge in [0.2, 0.25) is 0 Å². The third-order valence-corrected chi connectivity index (χ3v) is 3.91. The summed E-state index contributed by atoms with van der Waals surface area (Å²) in [7, 11) is 4.03. The van der Waals surface area contributed by atoms with Crippen LogP contribution >= 0.6 is 0 Å². The van der Waals surface area contributed by atoms with E-state index in [1.807, 2.05) is 50.7 Å². The van der Waals surface area contributed by atoms with Gasteiger partial charge in [0, 0.05) is 31.4 Å². The van der Waals surface area contributed by atoms with Gasteiger partial charge in [-0.05, 0) is 48.7 Å². The molecule has 1 aliphatic heterocycles. The van der Waals surface area contributed by atoms with Crippen LogP contribution in [0.4, 0.5) is 5.69 Å². The predicted molar refractivity (Wildman–Crippen MR) is 111 cm³/mol. The highest BCUT2D eigenvalue weighted by molar-refractivity contribution is 5.54. The molecular weight excluding hydrogens is 322 g/mol. The van der Waals surface area contributed by atoms with Gasteiger partial charge in [0.25, 0.3) is 0 Å². The lowest BCUT2D eigenvalue weighted by molar-refractivity contribution is 0.462. The van der Waals surface area contributed by atoms with Crippen molar-refractivity contribution in [2.45, 2.75) is 12.5 Å². The largest absolute Gasteiger partial charge is 0.465 e. The number of anilines is 1. The third-order valence-electron chi connectivity index (χ3n) is 3.91. The minimum atomic E-state index is 0.0893. The summed E-state index contributed by atoms with van der Waals surface area (Å²) in [6.07, 6.45) is 19.4. The zero-order valence-corrected chi connectivity index (χ0v) is 15.4. The molecule has 4 nitrogen and oxygen atoms in total. The molecule has 1 unspecified atom stereocenters. The van der Waals surface area contributed by atoms with E-state index in [0.717, 1.165) is 29.0 Å². The molecule has 26 heavy (non-hydrogen) atoms. The molecular formula is C22H27N3O. The standard InChI is InChI=1S/C22H27N3O/c1-18-9-8-10-21(24-15-7-5-4-6-14-23)20-12-11-19(25(2)3)17-22(20)26-16-13-18/h4-9,11-17,21,24H,1,10,23H2,2-3H3/b5-4-,9-8-,14-6+,15-7+,16-13+. The molecule has 1 atom stereocenters. The molecule has 0 bridgehead atoms. The highest BCUT2D eigenvalue weighted by atomic mass is 16.5. The topological polar surface area (TPSA) is 50.5 Å². The van der Waals surface area contributed by atoms with Crippen LogP contribution in [0.25, 0.3) is 0 Å². The van der Waals surface area contributed by atoms with Crippen molar-refractivity contribution in [3.63, 3.8) is 0 Å². The first-order valence-corrected chi connectivity index (χ1v) is 8.58. The van der Waals surface area contributed by atoms with E-state index in [1.165, 1.54) is 6.20 Å². The molecule has 0 amide bonds. The smallest absolute Gasteiger partial charge is 0.133 e. The molecule has 0 saturated carbocycles. The van der Waals surface area contributed by atoms with Gasteiger partial charge >= 0.3 is 0 Å². The minimum absolute atomic E-state index is 0.0893. The summed E-state index contributed by atoms with van der Waals surface area (Å²) >= 11 is 0. The van der Waals surface area contributed by atoms with E-state index in [9.17, 15) is 0 Å². The van der Waals surface area contributed by atoms with E-state index in [-0.39, 0.29) is 6.04 Å². The first-order chi connectivity index (χ1) is 12.6. The Labute approximate surface area is 156 Å². The van der Waals surface area contributed by atoms with Crippen LogP contribution in [0.5, 0.6) is 5.75 Å². The van der Waals surface area contributed by atoms with Crippen molar-refractivity contribution >= 4 is 5.69 Å². The lowest BCUT2D eigenvalue weighted by Gasteiger charge is -2.22. The Balaban J connectivity index is 2.29. The maximum Gasteiger partial charge on any atom is 0.133 e. The van der Waals surface area contributed by atoms with Crippen LogP contribution < -0.4 is 20.7 Å². The van der Waals surface area contributed by atoms with Gasteiger partial charge in [-0.2, -0.15) is 0 Å². The zero-order valence-electron chi connectivity index (χ0n) is 15.4. The number of hydrogen-bond donors (Lipinski definition) is 2. The average Bonchev–Trinajstić information content (AvgIpc) is 2.63. The number of nitrogens with zero attached hydrogens (tertiary/aromatic N) is 1. The van der Waals surface area contributed by atoms with E-state index in [4.69, 9.17) is 10.5 Å². The molecule has 1 aromatic carbocycles. The molecule has 1 aliphatic rings. The second kappa shape index (κ2) is 9.99. The summed E-state index contributed by atoms with van der Waals surface area (Å²) in [6.45, 7) is 4.00. The molecule has 1 aromatic rings. The van der Waals surface area contributed by atoms with Crippen molar-refractivity contribution < 1.29 is 4.74 Å². The predicted octanol–water partition coefficient (Wildman–Crippen LogP) is 4.33. The number of allylic oxidation sites excluding steroid dienone is 7. The quantitative estimate of drug-likeness (QED) is 0.777. The summed E-state index contributed by atoms with van der Waals surface area (Å²) in [5.74, 6) is 0.836. The van der Waals surface area contributed by atoms with Crippen LogP contribution in [0.1, 0.15) is 18.0 Å². The highest BCUT2D eigenvalue weighted by Gasteiger charge is 2.15. The number of ether oxygens (including phenoxy) is 1. The van der Waals surface area contributed by atoms with Crippen molar-refractivity contribution in [3.8, 4) is 5.75 Å². The molecule has 4 heteroatoms. The number of fused-ring (bicyclic) bond motifs is 1. The Bertz CT molecular complexity index is 755. The van der Waals surface area contributed by atoms with Crippen molar-refractivity contribution in [2.75, 3.05) is 19.0 Å². The van der Waals surface area contributed by atoms with E-state index < -0.39 is 0 Å². The molecule has 0 radical (unpaired) electrons. The maximum absolute atomic E-state index is 5.91. The van der Waals surface area contributed by atoms with Crippen LogP contribution in [-0.2, 0) is 0 Å². The van der Waals surface area contributed by atoms with Crippen LogP contribution in [0, 0.1) is 0 Å². The van der Waals surface area contributed by atoms with Crippen LogP contribution in [0.3, 0.4) is 0 Å². The fraction of sp³-hybridized carbons (Fsp3) is 0.182. The molecule has 1 heterocycles. The zero-order chi connectivity index (χ0) is 18.8. The fourth-order valence-electron chi connectivity index (χ4n) is 2.50. The van der Waals surface area contributed by atoms with Gasteiger partial charge in [-0.25, -0.2) is 0 Å². The molecule has 0 saturated heterocycles. The van der Waals surface area contributed by atoms with E-state index in [0.29, 0.717) is 0 Å². The molecule has 0 spiro atoms. The van der Waals surface area contributed by atoms with Crippen LogP contribution in [0.15, 0.2) is 91.5 Å². The summed E-state index contributed by atoms with van der Waals surface area (Å²) in [4.78, 5) is 2.06. The summed E-state index contributed by atoms with van der Waals surface area (Å²) in [6, 6.07) is 6.36. The van der Waals surface area contributed by atoms with E-state index in [2.05, 4.69) is 41.1 Å². The van der Waals surface area contributed by atoms with Gasteiger partial charge in [-0.3, -0.25) is 0 Å². The first kappa shape index (κ1) is 19.2. The van der Waals surface area contributed by atoms with Crippen molar-refractivity contribution in [3.05, 3.63) is 97.1 Å². The van der Waals surface area contributed by atoms with Gasteiger partial charge in [0.15, 0.2) is 0 Å². The van der Waals surface area contributed by atoms with Crippen molar-refractivity contribution in [2.24, 2.45) is 5.73 Å². The second-order valence-electron chi connectivity index (χ2n) is 6.10. The number of rotatable bonds is 5. The molecule has 2 rings (SSSR count).